The second-order valence-electron chi connectivity index (χ2n) is 7.81. The van der Waals surface area contributed by atoms with Crippen LogP contribution in [0.3, 0.4) is 0 Å². The fourth-order valence-electron chi connectivity index (χ4n) is 2.60. The maximum atomic E-state index is 13.3. The van der Waals surface area contributed by atoms with Crippen molar-refractivity contribution < 1.29 is 27.9 Å². The van der Waals surface area contributed by atoms with Gasteiger partial charge in [0, 0.05) is 20.1 Å². The quantitative estimate of drug-likeness (QED) is 0.335. The molecule has 0 amide bonds. The zero-order chi connectivity index (χ0) is 21.7. The zero-order valence-corrected chi connectivity index (χ0v) is 19.0. The van der Waals surface area contributed by atoms with Crippen molar-refractivity contribution >= 4 is 36.4 Å². The first-order valence-corrected chi connectivity index (χ1v) is 14.4. The summed E-state index contributed by atoms with van der Waals surface area (Å²) < 4.78 is 38.6. The molecule has 0 saturated heterocycles. The number of hydrogen-bond donors (Lipinski definition) is 2. The second-order valence-corrected chi connectivity index (χ2v) is 15.3. The molecule has 0 saturated carbocycles. The Balaban J connectivity index is 2.40. The van der Waals surface area contributed by atoms with Gasteiger partial charge in [-0.05, 0) is 36.4 Å². The van der Waals surface area contributed by atoms with E-state index in [0.29, 0.717) is 12.4 Å². The van der Waals surface area contributed by atoms with Gasteiger partial charge in [0.25, 0.3) is 10.0 Å². The Bertz CT molecular complexity index is 900. The molecular weight excluding hydrogens is 409 g/mol. The number of ether oxygens (including phenoxy) is 2. The van der Waals surface area contributed by atoms with E-state index < -0.39 is 25.2 Å². The maximum absolute atomic E-state index is 13.3. The summed E-state index contributed by atoms with van der Waals surface area (Å²) in [6.07, 6.45) is 0. The molecule has 2 rings (SSSR count). The monoisotopic (exact) mass is 437 g/mol. The first-order chi connectivity index (χ1) is 13.6. The third-order valence-electron chi connectivity index (χ3n) is 4.34. The molecule has 2 aromatic carbocycles. The average molecular weight is 437 g/mol. The fourth-order valence-corrected chi connectivity index (χ4v) is 4.73. The summed E-state index contributed by atoms with van der Waals surface area (Å²) in [5.74, 6) is 0.535. The van der Waals surface area contributed by atoms with Crippen LogP contribution >= 0.6 is 0 Å². The SMILES string of the molecule is COc1ccc(S(=O)(=O)N(COCC[Si](C)(C)C)c2ccccc2B(O)O)cc1. The van der Waals surface area contributed by atoms with E-state index in [1.165, 1.54) is 31.4 Å². The molecule has 7 nitrogen and oxygen atoms in total. The van der Waals surface area contributed by atoms with E-state index in [1.54, 1.807) is 24.3 Å². The molecule has 0 unspecified atom stereocenters. The third kappa shape index (κ3) is 6.31. The van der Waals surface area contributed by atoms with Crippen molar-refractivity contribution in [1.82, 2.24) is 0 Å². The van der Waals surface area contributed by atoms with E-state index in [9.17, 15) is 18.5 Å². The van der Waals surface area contributed by atoms with Crippen LogP contribution in [0.1, 0.15) is 0 Å². The highest BCUT2D eigenvalue weighted by atomic mass is 32.2. The summed E-state index contributed by atoms with van der Waals surface area (Å²) in [5, 5.41) is 19.4. The molecule has 0 aliphatic heterocycles. The summed E-state index contributed by atoms with van der Waals surface area (Å²) in [4.78, 5) is 0.0503. The van der Waals surface area contributed by atoms with Crippen LogP contribution in [0.15, 0.2) is 53.4 Å². The van der Waals surface area contributed by atoms with Crippen molar-refractivity contribution in [1.29, 1.82) is 0 Å². The smallest absolute Gasteiger partial charge is 0.490 e. The van der Waals surface area contributed by atoms with Gasteiger partial charge in [-0.2, -0.15) is 0 Å². The van der Waals surface area contributed by atoms with Gasteiger partial charge >= 0.3 is 7.12 Å². The molecule has 0 aromatic heterocycles. The zero-order valence-electron chi connectivity index (χ0n) is 17.2. The lowest BCUT2D eigenvalue weighted by molar-refractivity contribution is 0.156. The van der Waals surface area contributed by atoms with Crippen LogP contribution in [0.2, 0.25) is 25.7 Å². The van der Waals surface area contributed by atoms with E-state index in [0.717, 1.165) is 10.3 Å². The summed E-state index contributed by atoms with van der Waals surface area (Å²) in [6.45, 7) is 6.82. The van der Waals surface area contributed by atoms with Gasteiger partial charge in [0.1, 0.15) is 12.5 Å². The molecule has 0 spiro atoms. The van der Waals surface area contributed by atoms with Crippen molar-refractivity contribution in [3.8, 4) is 5.75 Å². The number of sulfonamides is 1. The van der Waals surface area contributed by atoms with Crippen LogP contribution in [-0.2, 0) is 14.8 Å². The first-order valence-electron chi connectivity index (χ1n) is 9.26. The highest BCUT2D eigenvalue weighted by Gasteiger charge is 2.29. The molecule has 0 heterocycles. The van der Waals surface area contributed by atoms with Gasteiger partial charge in [-0.25, -0.2) is 12.7 Å². The summed E-state index contributed by atoms with van der Waals surface area (Å²) >= 11 is 0. The molecule has 0 aliphatic carbocycles. The van der Waals surface area contributed by atoms with Gasteiger partial charge in [-0.15, -0.1) is 0 Å². The molecule has 0 aliphatic rings. The Morgan fingerprint density at radius 1 is 1.03 bits per heavy atom. The number of anilines is 1. The van der Waals surface area contributed by atoms with Gasteiger partial charge in [-0.3, -0.25) is 0 Å². The van der Waals surface area contributed by atoms with Crippen molar-refractivity contribution in [2.45, 2.75) is 30.6 Å². The highest BCUT2D eigenvalue weighted by molar-refractivity contribution is 7.92. The van der Waals surface area contributed by atoms with Gasteiger partial charge in [0.05, 0.1) is 17.7 Å². The van der Waals surface area contributed by atoms with E-state index in [2.05, 4.69) is 19.6 Å². The average Bonchev–Trinajstić information content (AvgIpc) is 2.67. The van der Waals surface area contributed by atoms with Crippen LogP contribution in [0.4, 0.5) is 5.69 Å². The lowest BCUT2D eigenvalue weighted by atomic mass is 9.79. The number of methoxy groups -OCH3 is 1. The van der Waals surface area contributed by atoms with Crippen LogP contribution in [-0.4, -0.2) is 54.1 Å². The summed E-state index contributed by atoms with van der Waals surface area (Å²) in [6, 6.07) is 13.1. The normalized spacial score (nSPS) is 11.9. The highest BCUT2D eigenvalue weighted by Crippen LogP contribution is 2.24. The predicted octanol–water partition coefficient (Wildman–Crippen LogP) is 1.88. The Morgan fingerprint density at radius 2 is 1.66 bits per heavy atom. The minimum atomic E-state index is -4.01. The molecule has 2 N–H and O–H groups in total. The molecule has 0 bridgehead atoms. The molecule has 2 aromatic rings. The number of rotatable bonds is 10. The van der Waals surface area contributed by atoms with Crippen molar-refractivity contribution in [3.05, 3.63) is 48.5 Å². The van der Waals surface area contributed by atoms with Gasteiger partial charge < -0.3 is 19.5 Å². The van der Waals surface area contributed by atoms with Gasteiger partial charge in [-0.1, -0.05) is 37.8 Å². The van der Waals surface area contributed by atoms with Gasteiger partial charge in [0.2, 0.25) is 0 Å². The molecule has 0 atom stereocenters. The molecule has 158 valence electrons. The third-order valence-corrected chi connectivity index (χ3v) is 7.79. The van der Waals surface area contributed by atoms with Crippen LogP contribution in [0.5, 0.6) is 5.75 Å². The number of benzene rings is 2. The van der Waals surface area contributed by atoms with E-state index in [4.69, 9.17) is 9.47 Å². The standard InChI is InChI=1S/C19H28BNO6SSi/c1-26-16-9-11-17(12-10-16)28(24,25)21(15-27-13-14-29(2,3)4)19-8-6-5-7-18(19)20(22)23/h5-12,22-23H,13-15H2,1-4H3. The second kappa shape index (κ2) is 9.77. The van der Waals surface area contributed by atoms with E-state index in [1.807, 2.05) is 0 Å². The molecular formula is C19H28BNO6SSi. The lowest BCUT2D eigenvalue weighted by Crippen LogP contribution is -2.41. The van der Waals surface area contributed by atoms with Gasteiger partial charge in [0.15, 0.2) is 0 Å². The van der Waals surface area contributed by atoms with Crippen LogP contribution in [0, 0.1) is 0 Å². The minimum absolute atomic E-state index is 0.0503. The topological polar surface area (TPSA) is 96.3 Å². The molecule has 29 heavy (non-hydrogen) atoms. The molecule has 0 fully saturated rings. The van der Waals surface area contributed by atoms with Crippen molar-refractivity contribution in [3.63, 3.8) is 0 Å². The molecule has 0 radical (unpaired) electrons. The Labute approximate surface area is 174 Å². The maximum Gasteiger partial charge on any atom is 0.490 e. The minimum Gasteiger partial charge on any atom is -0.497 e. The summed E-state index contributed by atoms with van der Waals surface area (Å²) in [5.41, 5.74) is 0.240. The lowest BCUT2D eigenvalue weighted by Gasteiger charge is -2.27. The predicted molar refractivity (Wildman–Crippen MR) is 118 cm³/mol. The number of hydrogen-bond acceptors (Lipinski definition) is 6. The fraction of sp³-hybridized carbons (Fsp3) is 0.368. The van der Waals surface area contributed by atoms with E-state index >= 15 is 0 Å². The largest absolute Gasteiger partial charge is 0.497 e. The summed E-state index contributed by atoms with van der Waals surface area (Å²) in [7, 11) is -5.67. The molecule has 10 heteroatoms. The Hall–Kier alpha value is -1.85. The van der Waals surface area contributed by atoms with Crippen LogP contribution in [0.25, 0.3) is 0 Å². The van der Waals surface area contributed by atoms with Crippen LogP contribution < -0.4 is 14.5 Å². The Morgan fingerprint density at radius 3 is 2.21 bits per heavy atom. The van der Waals surface area contributed by atoms with E-state index in [-0.39, 0.29) is 22.8 Å². The Kier molecular flexibility index (Phi) is 7.89. The van der Waals surface area contributed by atoms with Crippen molar-refractivity contribution in [2.24, 2.45) is 0 Å². The first kappa shape index (κ1) is 23.4. The number of nitrogens with zero attached hydrogens (tertiary/aromatic N) is 1. The number of para-hydroxylation sites is 1. The van der Waals surface area contributed by atoms with Crippen molar-refractivity contribution in [2.75, 3.05) is 24.8 Å².